The van der Waals surface area contributed by atoms with Gasteiger partial charge in [0.25, 0.3) is 0 Å². The van der Waals surface area contributed by atoms with Crippen LogP contribution in [-0.2, 0) is 6.42 Å². The molecule has 0 N–H and O–H groups in total. The van der Waals surface area contributed by atoms with Crippen molar-refractivity contribution in [2.75, 3.05) is 6.54 Å². The van der Waals surface area contributed by atoms with Gasteiger partial charge in [-0.25, -0.2) is 0 Å². The highest BCUT2D eigenvalue weighted by Gasteiger charge is 2.43. The van der Waals surface area contributed by atoms with E-state index in [1.165, 1.54) is 39.1 Å². The Bertz CT molecular complexity index is 1330. The first kappa shape index (κ1) is 23.9. The highest BCUT2D eigenvalue weighted by Crippen LogP contribution is 2.44. The van der Waals surface area contributed by atoms with Gasteiger partial charge >= 0.3 is 0 Å². The van der Waals surface area contributed by atoms with E-state index in [0.29, 0.717) is 18.4 Å². The van der Waals surface area contributed by atoms with Gasteiger partial charge in [0, 0.05) is 28.1 Å². The summed E-state index contributed by atoms with van der Waals surface area (Å²) in [5.41, 5.74) is 10.7. The molecule has 0 spiro atoms. The van der Waals surface area contributed by atoms with Gasteiger partial charge in [0.05, 0.1) is 20.5 Å². The number of pyridine rings is 1. The van der Waals surface area contributed by atoms with Crippen LogP contribution in [0.2, 0.25) is 19.6 Å². The van der Waals surface area contributed by atoms with E-state index in [1.54, 1.807) is 5.19 Å². The second-order valence-electron chi connectivity index (χ2n) is 11.7. The summed E-state index contributed by atoms with van der Waals surface area (Å²) in [6.07, 6.45) is 4.67. The monoisotopic (exact) mass is 479 g/mol. The second-order valence-corrected chi connectivity index (χ2v) is 16.8. The minimum Gasteiger partial charge on any atom is -0.285 e. The average molecular weight is 480 g/mol. The SMILES string of the molecule is C=C1C/N=C(/C)c2ccccc2CCC2c3ccccc3-c3cc(C(C)C)c([Si](C)(C)C)c[n+]3C12. The molecule has 2 nitrogen and oxygen atoms in total. The van der Waals surface area contributed by atoms with Crippen LogP contribution < -0.4 is 9.75 Å². The van der Waals surface area contributed by atoms with Crippen molar-refractivity contribution in [3.8, 4) is 11.3 Å². The fourth-order valence-electron chi connectivity index (χ4n) is 6.15. The van der Waals surface area contributed by atoms with E-state index in [4.69, 9.17) is 4.99 Å². The standard InChI is InChI=1S/C32H39N2Si/c1-21(2)29-18-30-27-15-11-10-14-26(27)28-17-16-24-12-8-9-13-25(24)23(4)33-19-22(3)32(28)34(30)20-31(29)35(5,6)7/h8-15,18,20-21,28,32H,3,16-17,19H2,1-2,4-7H3/q+1/b33-23-. The fraction of sp³-hybridized carbons (Fsp3) is 0.375. The fourth-order valence-corrected chi connectivity index (χ4v) is 7.90. The van der Waals surface area contributed by atoms with Gasteiger partial charge in [-0.2, -0.15) is 4.57 Å². The van der Waals surface area contributed by atoms with Gasteiger partial charge in [-0.15, -0.1) is 0 Å². The predicted octanol–water partition coefficient (Wildman–Crippen LogP) is 6.96. The molecule has 3 heteroatoms. The van der Waals surface area contributed by atoms with E-state index < -0.39 is 8.07 Å². The number of rotatable bonds is 2. The number of nitrogens with zero attached hydrogens (tertiary/aromatic N) is 2. The Morgan fingerprint density at radius 2 is 1.69 bits per heavy atom. The first-order valence-corrected chi connectivity index (χ1v) is 16.6. The van der Waals surface area contributed by atoms with Crippen molar-refractivity contribution >= 4 is 19.0 Å². The van der Waals surface area contributed by atoms with Crippen LogP contribution >= 0.6 is 0 Å². The van der Waals surface area contributed by atoms with Crippen LogP contribution in [0.5, 0.6) is 0 Å². The first-order valence-electron chi connectivity index (χ1n) is 13.1. The molecule has 5 rings (SSSR count). The summed E-state index contributed by atoms with van der Waals surface area (Å²) in [6.45, 7) is 19.6. The lowest BCUT2D eigenvalue weighted by Gasteiger charge is -2.34. The molecular weight excluding hydrogens is 440 g/mol. The van der Waals surface area contributed by atoms with Crippen LogP contribution in [0.4, 0.5) is 0 Å². The van der Waals surface area contributed by atoms with Crippen LogP contribution in [0.1, 0.15) is 67.3 Å². The maximum absolute atomic E-state index is 5.06. The Balaban J connectivity index is 1.75. The molecule has 35 heavy (non-hydrogen) atoms. The molecule has 0 fully saturated rings. The molecule has 2 atom stereocenters. The average Bonchev–Trinajstić information content (AvgIpc) is 2.83. The topological polar surface area (TPSA) is 16.2 Å². The van der Waals surface area contributed by atoms with Gasteiger partial charge in [-0.3, -0.25) is 4.99 Å². The highest BCUT2D eigenvalue weighted by atomic mass is 28.3. The predicted molar refractivity (Wildman–Crippen MR) is 152 cm³/mol. The van der Waals surface area contributed by atoms with Crippen molar-refractivity contribution in [1.29, 1.82) is 0 Å². The summed E-state index contributed by atoms with van der Waals surface area (Å²) in [6, 6.07) is 20.6. The molecule has 2 aliphatic heterocycles. The maximum atomic E-state index is 5.06. The second kappa shape index (κ2) is 9.02. The Kier molecular flexibility index (Phi) is 6.17. The summed E-state index contributed by atoms with van der Waals surface area (Å²) in [5.74, 6) is 0.890. The van der Waals surface area contributed by atoms with Crippen LogP contribution in [0.15, 0.2) is 77.9 Å². The third-order valence-corrected chi connectivity index (χ3v) is 10.00. The molecule has 0 radical (unpaired) electrons. The summed E-state index contributed by atoms with van der Waals surface area (Å²) in [4.78, 5) is 5.06. The van der Waals surface area contributed by atoms with Crippen molar-refractivity contribution in [2.24, 2.45) is 4.99 Å². The molecule has 0 saturated carbocycles. The van der Waals surface area contributed by atoms with Crippen molar-refractivity contribution in [1.82, 2.24) is 0 Å². The third kappa shape index (κ3) is 4.25. The highest BCUT2D eigenvalue weighted by molar-refractivity contribution is 6.89. The molecule has 2 aromatic carbocycles. The molecular formula is C32H39N2Si+. The van der Waals surface area contributed by atoms with Crippen LogP contribution in [0, 0.1) is 0 Å². The molecule has 3 aromatic rings. The van der Waals surface area contributed by atoms with Crippen molar-refractivity contribution in [3.63, 3.8) is 0 Å². The largest absolute Gasteiger partial charge is 0.285 e. The van der Waals surface area contributed by atoms with E-state index in [2.05, 4.69) is 112 Å². The lowest BCUT2D eigenvalue weighted by molar-refractivity contribution is -0.708. The van der Waals surface area contributed by atoms with Crippen LogP contribution in [-0.4, -0.2) is 20.3 Å². The number of aromatic nitrogens is 1. The molecule has 0 amide bonds. The van der Waals surface area contributed by atoms with E-state index in [0.717, 1.165) is 18.6 Å². The van der Waals surface area contributed by atoms with Gasteiger partial charge < -0.3 is 0 Å². The van der Waals surface area contributed by atoms with E-state index >= 15 is 0 Å². The number of hydrogen-bond acceptors (Lipinski definition) is 1. The lowest BCUT2D eigenvalue weighted by atomic mass is 9.76. The zero-order valence-electron chi connectivity index (χ0n) is 22.2. The molecule has 3 heterocycles. The third-order valence-electron chi connectivity index (χ3n) is 7.97. The Morgan fingerprint density at radius 1 is 1.00 bits per heavy atom. The molecule has 0 saturated heterocycles. The van der Waals surface area contributed by atoms with Gasteiger partial charge in [-0.1, -0.05) is 82.5 Å². The minimum atomic E-state index is -1.55. The Labute approximate surface area is 212 Å². The van der Waals surface area contributed by atoms with Crippen molar-refractivity contribution in [3.05, 3.63) is 95.2 Å². The molecule has 2 aliphatic rings. The van der Waals surface area contributed by atoms with E-state index in [1.807, 2.05) is 0 Å². The molecule has 0 aliphatic carbocycles. The minimum absolute atomic E-state index is 0.220. The van der Waals surface area contributed by atoms with Gasteiger partial charge in [0.1, 0.15) is 0 Å². The number of aliphatic imine (C=N–C) groups is 1. The zero-order valence-corrected chi connectivity index (χ0v) is 23.2. The normalized spacial score (nSPS) is 21.3. The Morgan fingerprint density at radius 3 is 2.40 bits per heavy atom. The summed E-state index contributed by atoms with van der Waals surface area (Å²) < 4.78 is 2.59. The zero-order chi connectivity index (χ0) is 24.9. The van der Waals surface area contributed by atoms with Crippen LogP contribution in [0.3, 0.4) is 0 Å². The smallest absolute Gasteiger partial charge is 0.213 e. The van der Waals surface area contributed by atoms with Crippen molar-refractivity contribution in [2.45, 2.75) is 71.1 Å². The van der Waals surface area contributed by atoms with E-state index in [9.17, 15) is 0 Å². The maximum Gasteiger partial charge on any atom is 0.213 e. The Hall–Kier alpha value is -2.78. The number of hydrogen-bond donors (Lipinski definition) is 0. The van der Waals surface area contributed by atoms with E-state index in [-0.39, 0.29) is 6.04 Å². The van der Waals surface area contributed by atoms with Gasteiger partial charge in [-0.05, 0) is 54.0 Å². The molecule has 1 aromatic heterocycles. The van der Waals surface area contributed by atoms with Crippen LogP contribution in [0.25, 0.3) is 11.3 Å². The quantitative estimate of drug-likeness (QED) is 0.215. The number of benzene rings is 2. The van der Waals surface area contributed by atoms with Gasteiger partial charge in [0.2, 0.25) is 5.69 Å². The summed E-state index contributed by atoms with van der Waals surface area (Å²) >= 11 is 0. The molecule has 180 valence electrons. The first-order chi connectivity index (χ1) is 16.7. The lowest BCUT2D eigenvalue weighted by Crippen LogP contribution is -2.54. The van der Waals surface area contributed by atoms with Gasteiger partial charge in [0.15, 0.2) is 12.2 Å². The number of aryl methyl sites for hydroxylation is 1. The molecule has 2 unspecified atom stereocenters. The van der Waals surface area contributed by atoms with Crippen molar-refractivity contribution < 1.29 is 4.57 Å². The number of fused-ring (bicyclic) bond motifs is 7. The summed E-state index contributed by atoms with van der Waals surface area (Å²) in [7, 11) is -1.55. The summed E-state index contributed by atoms with van der Waals surface area (Å²) in [5, 5.41) is 1.57. The molecule has 0 bridgehead atoms.